The third kappa shape index (κ3) is 3.28. The molecule has 0 aromatic rings. The average molecular weight is 423 g/mol. The molecule has 0 amide bonds. The van der Waals surface area contributed by atoms with E-state index in [0.29, 0.717) is 24.2 Å². The molecule has 2 saturated heterocycles. The minimum absolute atomic E-state index is 0.0438. The van der Waals surface area contributed by atoms with Crippen molar-refractivity contribution in [2.24, 2.45) is 29.1 Å². The number of carbonyl (C=O) groups excluding carboxylic acids is 2. The van der Waals surface area contributed by atoms with Crippen LogP contribution in [-0.4, -0.2) is 35.7 Å². The summed E-state index contributed by atoms with van der Waals surface area (Å²) >= 11 is 0. The van der Waals surface area contributed by atoms with Crippen molar-refractivity contribution in [3.05, 3.63) is 0 Å². The van der Waals surface area contributed by atoms with Gasteiger partial charge in [0.2, 0.25) is 0 Å². The maximum absolute atomic E-state index is 12.0. The first-order chi connectivity index (χ1) is 14.1. The lowest BCUT2D eigenvalue weighted by atomic mass is 9.45. The van der Waals surface area contributed by atoms with Crippen LogP contribution in [0.3, 0.4) is 0 Å². The third-order valence-electron chi connectivity index (χ3n) is 9.00. The zero-order valence-electron chi connectivity index (χ0n) is 18.5. The molecular formula is C23H34O7. The molecular weight excluding hydrogens is 388 g/mol. The molecule has 168 valence electrons. The van der Waals surface area contributed by atoms with E-state index in [1.165, 1.54) is 6.92 Å². The Labute approximate surface area is 178 Å². The molecule has 7 nitrogen and oxygen atoms in total. The molecule has 0 spiro atoms. The molecule has 0 aromatic heterocycles. The van der Waals surface area contributed by atoms with E-state index in [4.69, 9.17) is 24.0 Å². The van der Waals surface area contributed by atoms with Gasteiger partial charge in [0.05, 0.1) is 0 Å². The van der Waals surface area contributed by atoms with E-state index in [9.17, 15) is 9.59 Å². The molecule has 0 unspecified atom stereocenters. The van der Waals surface area contributed by atoms with E-state index in [1.54, 1.807) is 6.92 Å². The Balaban J connectivity index is 1.40. The van der Waals surface area contributed by atoms with Gasteiger partial charge in [0.1, 0.15) is 17.8 Å². The number of ether oxygens (including phenoxy) is 3. The van der Waals surface area contributed by atoms with Crippen LogP contribution in [-0.2, 0) is 33.6 Å². The van der Waals surface area contributed by atoms with Gasteiger partial charge in [-0.3, -0.25) is 9.59 Å². The van der Waals surface area contributed by atoms with Crippen LogP contribution in [0.1, 0.15) is 79.1 Å². The molecule has 0 aromatic carbocycles. The summed E-state index contributed by atoms with van der Waals surface area (Å²) in [6, 6.07) is 0. The average Bonchev–Trinajstić information content (AvgIpc) is 3.39. The van der Waals surface area contributed by atoms with Crippen molar-refractivity contribution in [2.75, 3.05) is 0 Å². The van der Waals surface area contributed by atoms with Gasteiger partial charge >= 0.3 is 17.9 Å². The van der Waals surface area contributed by atoms with Gasteiger partial charge in [-0.05, 0) is 69.1 Å². The molecule has 5 rings (SSSR count). The van der Waals surface area contributed by atoms with Gasteiger partial charge in [0.25, 0.3) is 0 Å². The fourth-order valence-electron chi connectivity index (χ4n) is 7.64. The Morgan fingerprint density at radius 3 is 2.43 bits per heavy atom. The van der Waals surface area contributed by atoms with E-state index in [2.05, 4.69) is 13.8 Å². The van der Waals surface area contributed by atoms with Crippen LogP contribution in [0.2, 0.25) is 0 Å². The predicted molar refractivity (Wildman–Crippen MR) is 105 cm³/mol. The smallest absolute Gasteiger partial charge is 0.337 e. The molecule has 0 radical (unpaired) electrons. The summed E-state index contributed by atoms with van der Waals surface area (Å²) in [4.78, 5) is 33.9. The Morgan fingerprint density at radius 1 is 0.967 bits per heavy atom. The van der Waals surface area contributed by atoms with Crippen LogP contribution in [0.15, 0.2) is 0 Å². The number of hydrogen-bond acceptors (Lipinski definition) is 7. The number of carbonyl (C=O) groups is 2. The van der Waals surface area contributed by atoms with Gasteiger partial charge in [0.15, 0.2) is 0 Å². The van der Waals surface area contributed by atoms with E-state index in [-0.39, 0.29) is 41.1 Å². The van der Waals surface area contributed by atoms with Crippen molar-refractivity contribution in [3.8, 4) is 0 Å². The molecule has 5 fully saturated rings. The van der Waals surface area contributed by atoms with E-state index in [0.717, 1.165) is 44.9 Å². The maximum Gasteiger partial charge on any atom is 0.337 e. The molecule has 3 aliphatic carbocycles. The van der Waals surface area contributed by atoms with Gasteiger partial charge in [-0.1, -0.05) is 6.92 Å². The minimum Gasteiger partial charge on any atom is -0.459 e. The highest BCUT2D eigenvalue weighted by Crippen LogP contribution is 2.64. The highest BCUT2D eigenvalue weighted by Gasteiger charge is 2.62. The molecule has 3 saturated carbocycles. The van der Waals surface area contributed by atoms with Crippen molar-refractivity contribution in [1.82, 2.24) is 0 Å². The quantitative estimate of drug-likeness (QED) is 0.387. The summed E-state index contributed by atoms with van der Waals surface area (Å²) in [5.74, 6) is 0.470. The van der Waals surface area contributed by atoms with E-state index in [1.807, 2.05) is 0 Å². The van der Waals surface area contributed by atoms with Crippen LogP contribution in [0.4, 0.5) is 0 Å². The summed E-state index contributed by atoms with van der Waals surface area (Å²) in [6.07, 6.45) is 6.85. The van der Waals surface area contributed by atoms with Crippen molar-refractivity contribution in [1.29, 1.82) is 0 Å². The largest absolute Gasteiger partial charge is 0.459 e. The lowest BCUT2D eigenvalue weighted by Crippen LogP contribution is -2.62. The third-order valence-corrected chi connectivity index (χ3v) is 9.00. The normalized spacial score (nSPS) is 49.1. The summed E-state index contributed by atoms with van der Waals surface area (Å²) in [7, 11) is 0. The fourth-order valence-corrected chi connectivity index (χ4v) is 7.64. The molecule has 0 N–H and O–H groups in total. The standard InChI is InChI=1S/C23H34O7/c1-13(24)26-20-17-6-5-14-15(9-12-22(3)16(14)7-8-19(25)28-22)21(17,2)11-10-18(20)27-23(4)29-30-23/h14-18,20H,5-12H2,1-4H3/t14-,15+,16+,17+,18-,20-,21-,22+/m1/s1. The molecule has 2 aliphatic heterocycles. The summed E-state index contributed by atoms with van der Waals surface area (Å²) in [6.45, 7) is 7.75. The van der Waals surface area contributed by atoms with Crippen LogP contribution in [0.25, 0.3) is 0 Å². The van der Waals surface area contributed by atoms with Gasteiger partial charge < -0.3 is 14.2 Å². The Kier molecular flexibility index (Phi) is 4.77. The predicted octanol–water partition coefficient (Wildman–Crippen LogP) is 3.89. The molecule has 7 heteroatoms. The summed E-state index contributed by atoms with van der Waals surface area (Å²) in [5, 5.41) is 0. The summed E-state index contributed by atoms with van der Waals surface area (Å²) in [5.41, 5.74) is -0.234. The molecule has 8 atom stereocenters. The van der Waals surface area contributed by atoms with E-state index < -0.39 is 5.97 Å². The van der Waals surface area contributed by atoms with Crippen molar-refractivity contribution >= 4 is 11.9 Å². The SMILES string of the molecule is CC(=O)O[C@H]1[C@H](OC2(C)OO2)CC[C@]2(C)[C@H]3CC[C@]4(C)OC(=O)CC[C@H]4[C@@H]3CC[C@@H]12. The second-order valence-electron chi connectivity index (χ2n) is 10.7. The van der Waals surface area contributed by atoms with Crippen molar-refractivity contribution in [3.63, 3.8) is 0 Å². The van der Waals surface area contributed by atoms with Crippen molar-refractivity contribution in [2.45, 2.75) is 103 Å². The second kappa shape index (κ2) is 6.91. The van der Waals surface area contributed by atoms with Crippen LogP contribution in [0, 0.1) is 29.1 Å². The second-order valence-corrected chi connectivity index (χ2v) is 10.7. The Hall–Kier alpha value is -1.18. The van der Waals surface area contributed by atoms with Gasteiger partial charge in [-0.15, -0.1) is 0 Å². The molecule has 5 aliphatic rings. The van der Waals surface area contributed by atoms with Gasteiger partial charge in [-0.2, -0.15) is 9.78 Å². The van der Waals surface area contributed by atoms with Crippen molar-refractivity contribution < 1.29 is 33.6 Å². The van der Waals surface area contributed by atoms with Crippen LogP contribution >= 0.6 is 0 Å². The lowest BCUT2D eigenvalue weighted by Gasteiger charge is -2.62. The first-order valence-electron chi connectivity index (χ1n) is 11.6. The molecule has 0 bridgehead atoms. The highest BCUT2D eigenvalue weighted by molar-refractivity contribution is 5.71. The first kappa shape index (κ1) is 20.7. The fraction of sp³-hybridized carbons (Fsp3) is 0.913. The van der Waals surface area contributed by atoms with Crippen LogP contribution < -0.4 is 0 Å². The number of hydrogen-bond donors (Lipinski definition) is 0. The van der Waals surface area contributed by atoms with Gasteiger partial charge in [0, 0.05) is 32.1 Å². The number of rotatable bonds is 3. The molecule has 30 heavy (non-hydrogen) atoms. The minimum atomic E-state index is -1.01. The van der Waals surface area contributed by atoms with Crippen LogP contribution in [0.5, 0.6) is 0 Å². The maximum atomic E-state index is 12.0. The van der Waals surface area contributed by atoms with E-state index >= 15 is 0 Å². The number of esters is 2. The zero-order chi connectivity index (χ0) is 21.3. The first-order valence-corrected chi connectivity index (χ1v) is 11.6. The number of fused-ring (bicyclic) bond motifs is 5. The Morgan fingerprint density at radius 2 is 1.73 bits per heavy atom. The molecule has 2 heterocycles. The summed E-state index contributed by atoms with van der Waals surface area (Å²) < 4.78 is 17.8. The highest BCUT2D eigenvalue weighted by atomic mass is 17.4. The van der Waals surface area contributed by atoms with Gasteiger partial charge in [-0.25, -0.2) is 0 Å². The lowest BCUT2D eigenvalue weighted by molar-refractivity contribution is -0.235. The topological polar surface area (TPSA) is 86.9 Å². The zero-order valence-corrected chi connectivity index (χ0v) is 18.5. The Bertz CT molecular complexity index is 733. The monoisotopic (exact) mass is 422 g/mol.